The second kappa shape index (κ2) is 6.36. The second-order valence-electron chi connectivity index (χ2n) is 7.29. The molecule has 4 heteroatoms. The normalized spacial score (nSPS) is 22.2. The summed E-state index contributed by atoms with van der Waals surface area (Å²) >= 11 is 3.59. The Morgan fingerprint density at radius 3 is 2.65 bits per heavy atom. The molecule has 5 rings (SSSR count). The van der Waals surface area contributed by atoms with Crippen LogP contribution in [0.1, 0.15) is 30.4 Å². The lowest BCUT2D eigenvalue weighted by molar-refractivity contribution is 0.0566. The lowest BCUT2D eigenvalue weighted by atomic mass is 9.74. The van der Waals surface area contributed by atoms with Crippen LogP contribution >= 0.6 is 15.9 Å². The Bertz CT molecular complexity index is 927. The van der Waals surface area contributed by atoms with Gasteiger partial charge in [-0.2, -0.15) is 0 Å². The van der Waals surface area contributed by atoms with Gasteiger partial charge in [0.1, 0.15) is 5.82 Å². The lowest BCUT2D eigenvalue weighted by Gasteiger charge is -2.38. The number of aromatic nitrogens is 2. The van der Waals surface area contributed by atoms with Gasteiger partial charge < -0.3 is 9.30 Å². The highest BCUT2D eigenvalue weighted by Crippen LogP contribution is 2.51. The molecule has 0 bridgehead atoms. The van der Waals surface area contributed by atoms with Crippen molar-refractivity contribution in [3.8, 4) is 11.4 Å². The zero-order valence-corrected chi connectivity index (χ0v) is 16.2. The standard InChI is InChI=1S/C22H21BrN2O/c23-18-7-5-17(6-8-18)22(15-16-9-13-26-14-10-16)20-4-2-1-3-19(20)21-24-11-12-25(21)22/h1-8,11-12,16H,9-10,13-15H2/t22-/m0/s1. The molecule has 1 aromatic heterocycles. The maximum Gasteiger partial charge on any atom is 0.141 e. The monoisotopic (exact) mass is 408 g/mol. The van der Waals surface area contributed by atoms with Gasteiger partial charge in [0.2, 0.25) is 0 Å². The number of halogens is 1. The van der Waals surface area contributed by atoms with Gasteiger partial charge in [-0.05, 0) is 48.4 Å². The number of ether oxygens (including phenoxy) is 1. The molecule has 3 nitrogen and oxygen atoms in total. The molecular formula is C22H21BrN2O. The zero-order chi connectivity index (χ0) is 17.6. The second-order valence-corrected chi connectivity index (χ2v) is 8.21. The molecule has 132 valence electrons. The molecule has 2 aromatic carbocycles. The molecule has 0 aliphatic carbocycles. The van der Waals surface area contributed by atoms with E-state index >= 15 is 0 Å². The van der Waals surface area contributed by atoms with Crippen molar-refractivity contribution in [1.29, 1.82) is 0 Å². The van der Waals surface area contributed by atoms with Crippen molar-refractivity contribution < 1.29 is 4.74 Å². The van der Waals surface area contributed by atoms with Gasteiger partial charge in [-0.25, -0.2) is 4.98 Å². The predicted octanol–water partition coefficient (Wildman–Crippen LogP) is 5.23. The number of fused-ring (bicyclic) bond motifs is 3. The van der Waals surface area contributed by atoms with Crippen LogP contribution in [-0.2, 0) is 10.3 Å². The molecule has 0 radical (unpaired) electrons. The van der Waals surface area contributed by atoms with Crippen molar-refractivity contribution >= 4 is 15.9 Å². The Morgan fingerprint density at radius 1 is 1.08 bits per heavy atom. The van der Waals surface area contributed by atoms with E-state index in [-0.39, 0.29) is 5.54 Å². The molecule has 2 aliphatic rings. The first kappa shape index (κ1) is 16.3. The van der Waals surface area contributed by atoms with Gasteiger partial charge >= 0.3 is 0 Å². The summed E-state index contributed by atoms with van der Waals surface area (Å²) in [4.78, 5) is 4.70. The molecule has 1 fully saturated rings. The van der Waals surface area contributed by atoms with Gasteiger partial charge in [-0.1, -0.05) is 52.3 Å². The average molecular weight is 409 g/mol. The topological polar surface area (TPSA) is 27.1 Å². The van der Waals surface area contributed by atoms with Crippen LogP contribution in [0.2, 0.25) is 0 Å². The van der Waals surface area contributed by atoms with E-state index in [9.17, 15) is 0 Å². The van der Waals surface area contributed by atoms with E-state index in [1.165, 1.54) is 16.7 Å². The Kier molecular flexibility index (Phi) is 3.98. The summed E-state index contributed by atoms with van der Waals surface area (Å²) in [6.07, 6.45) is 7.42. The quantitative estimate of drug-likeness (QED) is 0.592. The predicted molar refractivity (Wildman–Crippen MR) is 106 cm³/mol. The van der Waals surface area contributed by atoms with Crippen LogP contribution in [0.3, 0.4) is 0 Å². The van der Waals surface area contributed by atoms with Gasteiger partial charge in [0, 0.05) is 35.6 Å². The van der Waals surface area contributed by atoms with Crippen LogP contribution in [-0.4, -0.2) is 22.8 Å². The third kappa shape index (κ3) is 2.39. The fourth-order valence-corrected chi connectivity index (χ4v) is 4.96. The third-order valence-electron chi connectivity index (χ3n) is 5.91. The molecular weight excluding hydrogens is 388 g/mol. The van der Waals surface area contributed by atoms with E-state index in [1.54, 1.807) is 0 Å². The summed E-state index contributed by atoms with van der Waals surface area (Å²) in [6.45, 7) is 1.75. The van der Waals surface area contributed by atoms with Crippen LogP contribution < -0.4 is 0 Å². The Labute approximate surface area is 162 Å². The summed E-state index contributed by atoms with van der Waals surface area (Å²) in [5.74, 6) is 1.73. The van der Waals surface area contributed by atoms with E-state index < -0.39 is 0 Å². The highest BCUT2D eigenvalue weighted by molar-refractivity contribution is 9.10. The van der Waals surface area contributed by atoms with Gasteiger partial charge in [-0.3, -0.25) is 0 Å². The zero-order valence-electron chi connectivity index (χ0n) is 14.6. The first-order valence-corrected chi connectivity index (χ1v) is 10.1. The van der Waals surface area contributed by atoms with E-state index in [1.807, 2.05) is 6.20 Å². The fraction of sp³-hybridized carbons (Fsp3) is 0.318. The van der Waals surface area contributed by atoms with Crippen LogP contribution in [0.5, 0.6) is 0 Å². The summed E-state index contributed by atoms with van der Waals surface area (Å²) in [7, 11) is 0. The average Bonchev–Trinajstić information content (AvgIpc) is 3.26. The highest BCUT2D eigenvalue weighted by Gasteiger charge is 2.46. The van der Waals surface area contributed by atoms with Crippen LogP contribution in [0, 0.1) is 5.92 Å². The molecule has 0 amide bonds. The minimum atomic E-state index is -0.189. The summed E-state index contributed by atoms with van der Waals surface area (Å²) < 4.78 is 9.13. The van der Waals surface area contributed by atoms with Gasteiger partial charge in [-0.15, -0.1) is 0 Å². The number of benzene rings is 2. The molecule has 0 N–H and O–H groups in total. The van der Waals surface area contributed by atoms with Crippen molar-refractivity contribution in [2.45, 2.75) is 24.8 Å². The molecule has 3 aromatic rings. The molecule has 1 atom stereocenters. The summed E-state index contributed by atoms with van der Waals surface area (Å²) in [5, 5.41) is 0. The van der Waals surface area contributed by atoms with Crippen molar-refractivity contribution in [3.63, 3.8) is 0 Å². The van der Waals surface area contributed by atoms with Gasteiger partial charge in [0.15, 0.2) is 0 Å². The van der Waals surface area contributed by atoms with E-state index in [4.69, 9.17) is 9.72 Å². The number of hydrogen-bond donors (Lipinski definition) is 0. The number of imidazole rings is 1. The minimum Gasteiger partial charge on any atom is -0.381 e. The summed E-state index contributed by atoms with van der Waals surface area (Å²) in [6, 6.07) is 17.6. The maximum absolute atomic E-state index is 5.62. The highest BCUT2D eigenvalue weighted by atomic mass is 79.9. The molecule has 0 unspecified atom stereocenters. The number of nitrogens with zero attached hydrogens (tertiary/aromatic N) is 2. The smallest absolute Gasteiger partial charge is 0.141 e. The first-order chi connectivity index (χ1) is 12.8. The molecule has 2 aliphatic heterocycles. The lowest BCUT2D eigenvalue weighted by Crippen LogP contribution is -2.36. The Hall–Kier alpha value is -1.91. The molecule has 0 saturated carbocycles. The van der Waals surface area contributed by atoms with Crippen molar-refractivity contribution in [3.05, 3.63) is 76.5 Å². The number of hydrogen-bond acceptors (Lipinski definition) is 2. The van der Waals surface area contributed by atoms with Crippen LogP contribution in [0.4, 0.5) is 0 Å². The largest absolute Gasteiger partial charge is 0.381 e. The third-order valence-corrected chi connectivity index (χ3v) is 6.44. The fourth-order valence-electron chi connectivity index (χ4n) is 4.69. The molecule has 26 heavy (non-hydrogen) atoms. The Balaban J connectivity index is 1.73. The van der Waals surface area contributed by atoms with Gasteiger partial charge in [0.05, 0.1) is 5.54 Å². The van der Waals surface area contributed by atoms with Crippen molar-refractivity contribution in [2.24, 2.45) is 5.92 Å². The minimum absolute atomic E-state index is 0.189. The van der Waals surface area contributed by atoms with Crippen molar-refractivity contribution in [2.75, 3.05) is 13.2 Å². The molecule has 1 saturated heterocycles. The SMILES string of the molecule is Brc1ccc([C@@]2(CC3CCOCC3)c3ccccc3-c3nccn32)cc1. The first-order valence-electron chi connectivity index (χ1n) is 9.26. The van der Waals surface area contributed by atoms with E-state index in [0.717, 1.165) is 42.8 Å². The van der Waals surface area contributed by atoms with Crippen LogP contribution in [0.15, 0.2) is 65.4 Å². The maximum atomic E-state index is 5.62. The molecule has 0 spiro atoms. The summed E-state index contributed by atoms with van der Waals surface area (Å²) in [5.41, 5.74) is 3.77. The van der Waals surface area contributed by atoms with Crippen molar-refractivity contribution in [1.82, 2.24) is 9.55 Å². The van der Waals surface area contributed by atoms with E-state index in [0.29, 0.717) is 5.92 Å². The van der Waals surface area contributed by atoms with Crippen LogP contribution in [0.25, 0.3) is 11.4 Å². The van der Waals surface area contributed by atoms with E-state index in [2.05, 4.69) is 75.2 Å². The Morgan fingerprint density at radius 2 is 1.85 bits per heavy atom. The molecule has 3 heterocycles. The number of rotatable bonds is 3. The van der Waals surface area contributed by atoms with Gasteiger partial charge in [0.25, 0.3) is 0 Å².